The lowest BCUT2D eigenvalue weighted by molar-refractivity contribution is -0.0115. The first-order valence-electron chi connectivity index (χ1n) is 9.18. The van der Waals surface area contributed by atoms with Gasteiger partial charge in [-0.05, 0) is 74.4 Å². The number of hydrogen-bond acceptors (Lipinski definition) is 3. The Morgan fingerprint density at radius 2 is 2.22 bits per heavy atom. The second-order valence-corrected chi connectivity index (χ2v) is 7.67. The van der Waals surface area contributed by atoms with Gasteiger partial charge in [-0.3, -0.25) is 4.90 Å². The Balaban J connectivity index is 1.70. The molecule has 0 amide bonds. The number of piperidine rings is 1. The maximum Gasteiger partial charge on any atom is 0.115 e. The zero-order chi connectivity index (χ0) is 15.9. The van der Waals surface area contributed by atoms with Crippen LogP contribution in [-0.2, 0) is 11.8 Å². The van der Waals surface area contributed by atoms with Gasteiger partial charge < -0.3 is 5.11 Å². The lowest BCUT2D eigenvalue weighted by Crippen LogP contribution is -2.60. The monoisotopic (exact) mass is 310 g/mol. The third-order valence-corrected chi connectivity index (χ3v) is 6.67. The van der Waals surface area contributed by atoms with E-state index in [0.717, 1.165) is 31.8 Å². The zero-order valence-corrected chi connectivity index (χ0v) is 13.8. The van der Waals surface area contributed by atoms with Gasteiger partial charge in [-0.25, -0.2) is 0 Å². The average molecular weight is 310 g/mol. The van der Waals surface area contributed by atoms with Crippen LogP contribution in [0.2, 0.25) is 0 Å². The maximum atomic E-state index is 10.0. The van der Waals surface area contributed by atoms with Gasteiger partial charge in [0.1, 0.15) is 5.75 Å². The van der Waals surface area contributed by atoms with Crippen molar-refractivity contribution >= 4 is 0 Å². The van der Waals surface area contributed by atoms with E-state index >= 15 is 0 Å². The summed E-state index contributed by atoms with van der Waals surface area (Å²) in [7, 11) is 0. The van der Waals surface area contributed by atoms with Crippen molar-refractivity contribution in [1.29, 1.82) is 5.26 Å². The van der Waals surface area contributed by atoms with Crippen molar-refractivity contribution in [1.82, 2.24) is 4.90 Å². The smallest absolute Gasteiger partial charge is 0.115 e. The maximum absolute atomic E-state index is 10.0. The molecule has 3 aliphatic rings. The van der Waals surface area contributed by atoms with Crippen LogP contribution in [0.15, 0.2) is 18.2 Å². The fraction of sp³-hybridized carbons (Fsp3) is 0.650. The summed E-state index contributed by atoms with van der Waals surface area (Å²) in [6, 6.07) is 9.00. The van der Waals surface area contributed by atoms with E-state index in [9.17, 15) is 5.11 Å². The summed E-state index contributed by atoms with van der Waals surface area (Å²) >= 11 is 0. The molecule has 3 atom stereocenters. The lowest BCUT2D eigenvalue weighted by Gasteiger charge is -2.59. The minimum Gasteiger partial charge on any atom is -0.508 e. The second kappa shape index (κ2) is 5.83. The van der Waals surface area contributed by atoms with Gasteiger partial charge in [0, 0.05) is 17.9 Å². The molecule has 1 aromatic carbocycles. The highest BCUT2D eigenvalue weighted by molar-refractivity contribution is 5.45. The van der Waals surface area contributed by atoms with Gasteiger partial charge in [-0.15, -0.1) is 0 Å². The molecule has 1 saturated carbocycles. The van der Waals surface area contributed by atoms with E-state index in [0.29, 0.717) is 23.6 Å². The minimum absolute atomic E-state index is 0.307. The molecule has 0 unspecified atom stereocenters. The highest BCUT2D eigenvalue weighted by Crippen LogP contribution is 2.56. The van der Waals surface area contributed by atoms with Crippen LogP contribution < -0.4 is 0 Å². The van der Waals surface area contributed by atoms with E-state index in [-0.39, 0.29) is 0 Å². The first-order chi connectivity index (χ1) is 11.2. The van der Waals surface area contributed by atoms with Gasteiger partial charge in [0.05, 0.1) is 6.07 Å². The molecule has 3 heteroatoms. The molecule has 23 heavy (non-hydrogen) atoms. The van der Waals surface area contributed by atoms with Crippen molar-refractivity contribution in [2.45, 2.75) is 62.8 Å². The van der Waals surface area contributed by atoms with Crippen LogP contribution in [-0.4, -0.2) is 29.1 Å². The fourth-order valence-electron chi connectivity index (χ4n) is 5.71. The summed E-state index contributed by atoms with van der Waals surface area (Å²) in [5.74, 6) is 1.17. The van der Waals surface area contributed by atoms with Gasteiger partial charge in [-0.1, -0.05) is 18.9 Å². The van der Waals surface area contributed by atoms with Crippen LogP contribution in [0.25, 0.3) is 0 Å². The number of likely N-dealkylation sites (tertiary alicyclic amines) is 1. The minimum atomic E-state index is 0.307. The topological polar surface area (TPSA) is 47.3 Å². The largest absolute Gasteiger partial charge is 0.508 e. The summed E-state index contributed by atoms with van der Waals surface area (Å²) in [6.07, 6.45) is 9.30. The molecule has 3 nitrogen and oxygen atoms in total. The van der Waals surface area contributed by atoms with Crippen molar-refractivity contribution in [3.05, 3.63) is 29.3 Å². The second-order valence-electron chi connectivity index (χ2n) is 7.67. The summed E-state index contributed by atoms with van der Waals surface area (Å²) in [6.45, 7) is 2.22. The van der Waals surface area contributed by atoms with Crippen LogP contribution in [0, 0.1) is 17.2 Å². The lowest BCUT2D eigenvalue weighted by atomic mass is 9.52. The number of rotatable bonds is 3. The number of unbranched alkanes of at least 4 members (excludes halogenated alkanes) is 1. The van der Waals surface area contributed by atoms with E-state index < -0.39 is 0 Å². The SMILES string of the molecule is N#CCCCN1CC[C@@]23CCCC[C@H]2[C@@H]1Cc1ccc(O)cc13. The molecule has 4 rings (SSSR count). The molecule has 2 bridgehead atoms. The first-order valence-corrected chi connectivity index (χ1v) is 9.18. The molecule has 1 aromatic rings. The number of nitrogens with zero attached hydrogens (tertiary/aromatic N) is 2. The van der Waals surface area contributed by atoms with Gasteiger partial charge in [0.15, 0.2) is 0 Å². The highest BCUT2D eigenvalue weighted by atomic mass is 16.3. The zero-order valence-electron chi connectivity index (χ0n) is 13.8. The van der Waals surface area contributed by atoms with Crippen molar-refractivity contribution in [3.63, 3.8) is 0 Å². The van der Waals surface area contributed by atoms with Gasteiger partial charge >= 0.3 is 0 Å². The Morgan fingerprint density at radius 1 is 1.30 bits per heavy atom. The Kier molecular flexibility index (Phi) is 3.81. The summed E-state index contributed by atoms with van der Waals surface area (Å²) < 4.78 is 0. The fourth-order valence-corrected chi connectivity index (χ4v) is 5.71. The number of aromatic hydroxyl groups is 1. The van der Waals surface area contributed by atoms with Gasteiger partial charge in [-0.2, -0.15) is 5.26 Å². The molecule has 2 fully saturated rings. The summed E-state index contributed by atoms with van der Waals surface area (Å²) in [4.78, 5) is 2.67. The Morgan fingerprint density at radius 3 is 3.09 bits per heavy atom. The average Bonchev–Trinajstić information content (AvgIpc) is 2.57. The molecular formula is C20H26N2O. The number of phenolic OH excluding ortho intramolecular Hbond substituents is 1. The Hall–Kier alpha value is -1.53. The van der Waals surface area contributed by atoms with Crippen LogP contribution in [0.3, 0.4) is 0 Å². The number of fused-ring (bicyclic) bond motifs is 1. The number of nitriles is 1. The number of hydrogen-bond donors (Lipinski definition) is 1. The molecular weight excluding hydrogens is 284 g/mol. The highest BCUT2D eigenvalue weighted by Gasteiger charge is 2.53. The van der Waals surface area contributed by atoms with Crippen LogP contribution >= 0.6 is 0 Å². The normalized spacial score (nSPS) is 32.7. The van der Waals surface area contributed by atoms with Gasteiger partial charge in [0.2, 0.25) is 0 Å². The third kappa shape index (κ3) is 2.35. The first kappa shape index (κ1) is 15.0. The van der Waals surface area contributed by atoms with Crippen molar-refractivity contribution in [2.75, 3.05) is 13.1 Å². The van der Waals surface area contributed by atoms with Crippen LogP contribution in [0.5, 0.6) is 5.75 Å². The molecule has 2 aliphatic carbocycles. The van der Waals surface area contributed by atoms with E-state index in [1.54, 1.807) is 0 Å². The standard InChI is InChI=1S/C20H26N2O/c21-10-3-4-11-22-12-9-20-8-2-1-5-17(20)19(22)13-15-6-7-16(23)14-18(15)20/h6-7,14,17,19,23H,1-5,8-9,11-13H2/t17-,19-,20-/m0/s1. The quantitative estimate of drug-likeness (QED) is 0.865. The number of phenols is 1. The molecule has 0 radical (unpaired) electrons. The molecule has 0 aromatic heterocycles. The van der Waals surface area contributed by atoms with E-state index in [1.165, 1.54) is 43.2 Å². The van der Waals surface area contributed by atoms with E-state index in [4.69, 9.17) is 5.26 Å². The van der Waals surface area contributed by atoms with Crippen molar-refractivity contribution < 1.29 is 5.11 Å². The van der Waals surface area contributed by atoms with E-state index in [2.05, 4.69) is 23.1 Å². The van der Waals surface area contributed by atoms with E-state index in [1.807, 2.05) is 6.07 Å². The van der Waals surface area contributed by atoms with Crippen LogP contribution in [0.1, 0.15) is 56.1 Å². The molecule has 0 spiro atoms. The number of benzene rings is 1. The van der Waals surface area contributed by atoms with Crippen molar-refractivity contribution in [3.8, 4) is 11.8 Å². The predicted octanol–water partition coefficient (Wildman–Crippen LogP) is 3.75. The van der Waals surface area contributed by atoms with Crippen LogP contribution in [0.4, 0.5) is 0 Å². The molecule has 1 aliphatic heterocycles. The van der Waals surface area contributed by atoms with Crippen molar-refractivity contribution in [2.24, 2.45) is 5.92 Å². The van der Waals surface area contributed by atoms with Gasteiger partial charge in [0.25, 0.3) is 0 Å². The molecule has 1 N–H and O–H groups in total. The predicted molar refractivity (Wildman–Crippen MR) is 90.3 cm³/mol. The Bertz CT molecular complexity index is 635. The molecule has 1 heterocycles. The molecule has 122 valence electrons. The molecule has 1 saturated heterocycles. The summed E-state index contributed by atoms with van der Waals surface area (Å²) in [5.41, 5.74) is 3.21. The third-order valence-electron chi connectivity index (χ3n) is 6.67. The summed E-state index contributed by atoms with van der Waals surface area (Å²) in [5, 5.41) is 18.8. The Labute approximate surface area is 138 Å².